The van der Waals surface area contributed by atoms with Gasteiger partial charge in [-0.3, -0.25) is 9.69 Å². The van der Waals surface area contributed by atoms with Crippen molar-refractivity contribution in [3.05, 3.63) is 35.3 Å². The molecule has 0 atom stereocenters. The van der Waals surface area contributed by atoms with Gasteiger partial charge in [-0.2, -0.15) is 0 Å². The zero-order valence-corrected chi connectivity index (χ0v) is 18.6. The highest BCUT2D eigenvalue weighted by Crippen LogP contribution is 2.22. The minimum absolute atomic E-state index is 0.0294. The summed E-state index contributed by atoms with van der Waals surface area (Å²) in [4.78, 5) is 24.2. The van der Waals surface area contributed by atoms with Gasteiger partial charge in [0.1, 0.15) is 0 Å². The van der Waals surface area contributed by atoms with E-state index in [0.29, 0.717) is 6.42 Å². The van der Waals surface area contributed by atoms with Crippen molar-refractivity contribution in [2.75, 3.05) is 74.9 Å². The number of piperazine rings is 1. The van der Waals surface area contributed by atoms with E-state index >= 15 is 0 Å². The van der Waals surface area contributed by atoms with Crippen LogP contribution in [-0.4, -0.2) is 80.1 Å². The molecule has 0 radical (unpaired) electrons. The number of thiazole rings is 1. The smallest absolute Gasteiger partial charge is 0.230 e. The lowest BCUT2D eigenvalue weighted by atomic mass is 10.2. The molecule has 4 rings (SSSR count). The molecular formula is C22H32N6OS. The molecule has 0 bridgehead atoms. The van der Waals surface area contributed by atoms with E-state index in [1.165, 1.54) is 18.5 Å². The van der Waals surface area contributed by atoms with Crippen molar-refractivity contribution >= 4 is 33.8 Å². The number of nitrogens with zero attached hydrogens (tertiary/aromatic N) is 4. The van der Waals surface area contributed by atoms with E-state index < -0.39 is 0 Å². The van der Waals surface area contributed by atoms with Crippen LogP contribution in [0.5, 0.6) is 0 Å². The first kappa shape index (κ1) is 21.1. The summed E-state index contributed by atoms with van der Waals surface area (Å²) in [6.45, 7) is 8.68. The monoisotopic (exact) mass is 428 g/mol. The van der Waals surface area contributed by atoms with Crippen LogP contribution in [0.4, 0.5) is 16.5 Å². The van der Waals surface area contributed by atoms with Crippen LogP contribution < -0.4 is 15.5 Å². The number of aromatic nitrogens is 1. The summed E-state index contributed by atoms with van der Waals surface area (Å²) in [5.74, 6) is -0.0294. The molecule has 30 heavy (non-hydrogen) atoms. The lowest BCUT2D eigenvalue weighted by molar-refractivity contribution is -0.115. The summed E-state index contributed by atoms with van der Waals surface area (Å²) < 4.78 is 0. The van der Waals surface area contributed by atoms with Crippen molar-refractivity contribution in [2.24, 2.45) is 0 Å². The second-order valence-corrected chi connectivity index (χ2v) is 9.04. The van der Waals surface area contributed by atoms with Crippen molar-refractivity contribution in [1.82, 2.24) is 14.8 Å². The fraction of sp³-hybridized carbons (Fsp3) is 0.545. The molecule has 2 aromatic rings. The number of rotatable bonds is 8. The maximum Gasteiger partial charge on any atom is 0.230 e. The Morgan fingerprint density at radius 2 is 1.80 bits per heavy atom. The van der Waals surface area contributed by atoms with Gasteiger partial charge in [-0.05, 0) is 44.2 Å². The zero-order chi connectivity index (χ0) is 20.8. The molecule has 162 valence electrons. The molecule has 3 heterocycles. The fourth-order valence-corrected chi connectivity index (χ4v) is 4.70. The van der Waals surface area contributed by atoms with Gasteiger partial charge in [-0.15, -0.1) is 11.3 Å². The van der Waals surface area contributed by atoms with Gasteiger partial charge in [0.25, 0.3) is 0 Å². The number of benzene rings is 1. The predicted molar refractivity (Wildman–Crippen MR) is 125 cm³/mol. The number of amides is 1. The summed E-state index contributed by atoms with van der Waals surface area (Å²) in [6, 6.07) is 8.15. The van der Waals surface area contributed by atoms with E-state index in [1.807, 2.05) is 17.5 Å². The van der Waals surface area contributed by atoms with Crippen LogP contribution in [0.15, 0.2) is 29.6 Å². The van der Waals surface area contributed by atoms with Gasteiger partial charge in [0, 0.05) is 69.1 Å². The molecule has 1 aromatic carbocycles. The third-order valence-corrected chi connectivity index (χ3v) is 6.66. The third-order valence-electron chi connectivity index (χ3n) is 5.82. The van der Waals surface area contributed by atoms with Crippen LogP contribution in [0, 0.1) is 0 Å². The first-order chi connectivity index (χ1) is 14.7. The molecule has 2 N–H and O–H groups in total. The van der Waals surface area contributed by atoms with Crippen LogP contribution in [-0.2, 0) is 11.2 Å². The Morgan fingerprint density at radius 1 is 1.07 bits per heavy atom. The van der Waals surface area contributed by atoms with Crippen molar-refractivity contribution in [1.29, 1.82) is 0 Å². The maximum atomic E-state index is 12.4. The number of carbonyl (C=O) groups is 1. The molecule has 0 spiro atoms. The van der Waals surface area contributed by atoms with Crippen molar-refractivity contribution in [3.8, 4) is 0 Å². The first-order valence-corrected chi connectivity index (χ1v) is 11.8. The quantitative estimate of drug-likeness (QED) is 0.674. The van der Waals surface area contributed by atoms with E-state index in [1.54, 1.807) is 11.3 Å². The van der Waals surface area contributed by atoms with E-state index in [9.17, 15) is 4.79 Å². The molecule has 8 heteroatoms. The maximum absolute atomic E-state index is 12.4. The van der Waals surface area contributed by atoms with Crippen molar-refractivity contribution in [3.63, 3.8) is 0 Å². The lowest BCUT2D eigenvalue weighted by Gasteiger charge is -2.32. The highest BCUT2D eigenvalue weighted by Gasteiger charge is 2.14. The van der Waals surface area contributed by atoms with Gasteiger partial charge in [0.15, 0.2) is 5.13 Å². The molecule has 1 aromatic heterocycles. The SMILES string of the molecule is CN1CCN(CCNc2nc(CC(=O)Nc3ccc(N4CCCC4)cc3)cs2)CC1. The molecule has 7 nitrogen and oxygen atoms in total. The van der Waals surface area contributed by atoms with Crippen LogP contribution in [0.3, 0.4) is 0 Å². The van der Waals surface area contributed by atoms with Crippen molar-refractivity contribution in [2.45, 2.75) is 19.3 Å². The number of anilines is 3. The largest absolute Gasteiger partial charge is 0.372 e. The Kier molecular flexibility index (Phi) is 7.20. The summed E-state index contributed by atoms with van der Waals surface area (Å²) in [6.07, 6.45) is 2.82. The van der Waals surface area contributed by atoms with E-state index in [0.717, 1.165) is 68.9 Å². The molecule has 2 fully saturated rings. The Bertz CT molecular complexity index is 809. The number of likely N-dealkylation sites (N-methyl/N-ethyl adjacent to an activating group) is 1. The molecule has 2 saturated heterocycles. The number of hydrogen-bond acceptors (Lipinski definition) is 7. The minimum Gasteiger partial charge on any atom is -0.372 e. The summed E-state index contributed by atoms with van der Waals surface area (Å²) >= 11 is 1.57. The molecule has 2 aliphatic heterocycles. The van der Waals surface area contributed by atoms with Crippen molar-refractivity contribution < 1.29 is 4.79 Å². The van der Waals surface area contributed by atoms with Gasteiger partial charge in [0.2, 0.25) is 5.91 Å². The average molecular weight is 429 g/mol. The molecule has 0 unspecified atom stereocenters. The van der Waals surface area contributed by atoms with Gasteiger partial charge in [-0.25, -0.2) is 4.98 Å². The van der Waals surface area contributed by atoms with E-state index in [4.69, 9.17) is 0 Å². The van der Waals surface area contributed by atoms with Crippen LogP contribution in [0.1, 0.15) is 18.5 Å². The number of hydrogen-bond donors (Lipinski definition) is 2. The average Bonchev–Trinajstić information content (AvgIpc) is 3.43. The normalized spacial score (nSPS) is 18.0. The first-order valence-electron chi connectivity index (χ1n) is 10.9. The summed E-state index contributed by atoms with van der Waals surface area (Å²) in [5, 5.41) is 9.24. The molecular weight excluding hydrogens is 396 g/mol. The van der Waals surface area contributed by atoms with Crippen LogP contribution >= 0.6 is 11.3 Å². The highest BCUT2D eigenvalue weighted by molar-refractivity contribution is 7.13. The lowest BCUT2D eigenvalue weighted by Crippen LogP contribution is -2.45. The van der Waals surface area contributed by atoms with Gasteiger partial charge in [-0.1, -0.05) is 0 Å². The van der Waals surface area contributed by atoms with Gasteiger partial charge in [0.05, 0.1) is 12.1 Å². The molecule has 0 aliphatic carbocycles. The zero-order valence-electron chi connectivity index (χ0n) is 17.8. The number of carbonyl (C=O) groups excluding carboxylic acids is 1. The second-order valence-electron chi connectivity index (χ2n) is 8.18. The number of nitrogens with one attached hydrogen (secondary N) is 2. The van der Waals surface area contributed by atoms with Crippen LogP contribution in [0.2, 0.25) is 0 Å². The van der Waals surface area contributed by atoms with Crippen LogP contribution in [0.25, 0.3) is 0 Å². The topological polar surface area (TPSA) is 63.7 Å². The Morgan fingerprint density at radius 3 is 2.53 bits per heavy atom. The minimum atomic E-state index is -0.0294. The van der Waals surface area contributed by atoms with Gasteiger partial charge < -0.3 is 20.4 Å². The molecule has 0 saturated carbocycles. The Balaban J connectivity index is 1.19. The Hall–Kier alpha value is -2.16. The summed E-state index contributed by atoms with van der Waals surface area (Å²) in [7, 11) is 2.17. The second kappa shape index (κ2) is 10.2. The fourth-order valence-electron chi connectivity index (χ4n) is 3.96. The standard InChI is InChI=1S/C22H32N6OS/c1-26-12-14-27(15-13-26)11-8-23-22-25-19(17-30-22)16-21(29)24-18-4-6-20(7-5-18)28-9-2-3-10-28/h4-7,17H,2-3,8-16H2,1H3,(H,23,25)(H,24,29). The molecule has 2 aliphatic rings. The van der Waals surface area contributed by atoms with Gasteiger partial charge >= 0.3 is 0 Å². The van der Waals surface area contributed by atoms with E-state index in [-0.39, 0.29) is 5.91 Å². The summed E-state index contributed by atoms with van der Waals surface area (Å²) in [5.41, 5.74) is 2.88. The Labute approximate surface area is 183 Å². The predicted octanol–water partition coefficient (Wildman–Crippen LogP) is 2.58. The highest BCUT2D eigenvalue weighted by atomic mass is 32.1. The third kappa shape index (κ3) is 5.93. The van der Waals surface area contributed by atoms with E-state index in [2.05, 4.69) is 49.5 Å². The molecule has 1 amide bonds.